The van der Waals surface area contributed by atoms with Crippen LogP contribution in [-0.2, 0) is 10.0 Å². The van der Waals surface area contributed by atoms with Crippen LogP contribution in [0.2, 0.25) is 5.02 Å². The standard InChI is InChI=1S/C25H23ClN2O3S/c1-31-24-13-10-17(26)14-23(24)28-32(29,30)18-11-12-22-21(15-18)19-8-5-9-20(19)25(27-22)16-6-3-2-4-7-16/h2-8,10-15,19-20,25,27-28H,9H2,1H3/t19-,20+,25+/m0/s1. The third-order valence-corrected chi connectivity index (χ3v) is 7.81. The van der Waals surface area contributed by atoms with Gasteiger partial charge in [0, 0.05) is 16.6 Å². The molecule has 32 heavy (non-hydrogen) atoms. The summed E-state index contributed by atoms with van der Waals surface area (Å²) >= 11 is 6.06. The number of hydrogen-bond donors (Lipinski definition) is 2. The van der Waals surface area contributed by atoms with Crippen LogP contribution < -0.4 is 14.8 Å². The summed E-state index contributed by atoms with van der Waals surface area (Å²) in [4.78, 5) is 0.206. The number of allylic oxidation sites excluding steroid dienone is 2. The Hall–Kier alpha value is -2.96. The monoisotopic (exact) mass is 466 g/mol. The molecular weight excluding hydrogens is 444 g/mol. The Morgan fingerprint density at radius 3 is 2.66 bits per heavy atom. The van der Waals surface area contributed by atoms with Gasteiger partial charge >= 0.3 is 0 Å². The first-order chi connectivity index (χ1) is 15.5. The van der Waals surface area contributed by atoms with Gasteiger partial charge in [-0.3, -0.25) is 4.72 Å². The molecule has 0 bridgehead atoms. The van der Waals surface area contributed by atoms with Gasteiger partial charge in [0.05, 0.1) is 23.7 Å². The smallest absolute Gasteiger partial charge is 0.262 e. The zero-order chi connectivity index (χ0) is 22.3. The molecule has 3 aromatic carbocycles. The second-order valence-corrected chi connectivity index (χ2v) is 10.2. The van der Waals surface area contributed by atoms with Crippen molar-refractivity contribution in [1.29, 1.82) is 0 Å². The van der Waals surface area contributed by atoms with Crippen molar-refractivity contribution in [2.75, 3.05) is 17.1 Å². The molecule has 0 amide bonds. The third kappa shape index (κ3) is 3.74. The molecule has 3 atom stereocenters. The molecule has 0 fully saturated rings. The fraction of sp³-hybridized carbons (Fsp3) is 0.200. The van der Waals surface area contributed by atoms with E-state index in [-0.39, 0.29) is 16.9 Å². The van der Waals surface area contributed by atoms with Crippen molar-refractivity contribution in [2.24, 2.45) is 5.92 Å². The highest BCUT2D eigenvalue weighted by Gasteiger charge is 2.38. The van der Waals surface area contributed by atoms with Crippen LogP contribution >= 0.6 is 11.6 Å². The number of methoxy groups -OCH3 is 1. The average molecular weight is 467 g/mol. The van der Waals surface area contributed by atoms with E-state index in [2.05, 4.69) is 46.5 Å². The first kappa shape index (κ1) is 20.9. The predicted molar refractivity (Wildman–Crippen MR) is 128 cm³/mol. The number of hydrogen-bond acceptors (Lipinski definition) is 4. The van der Waals surface area contributed by atoms with Crippen molar-refractivity contribution in [3.05, 3.63) is 95.0 Å². The Kier molecular flexibility index (Phi) is 5.35. The number of fused-ring (bicyclic) bond motifs is 3. The summed E-state index contributed by atoms with van der Waals surface area (Å²) in [6.07, 6.45) is 5.34. The molecule has 1 aliphatic heterocycles. The van der Waals surface area contributed by atoms with Gasteiger partial charge in [0.15, 0.2) is 0 Å². The Bertz CT molecular complexity index is 1290. The molecule has 0 unspecified atom stereocenters. The molecule has 2 N–H and O–H groups in total. The predicted octanol–water partition coefficient (Wildman–Crippen LogP) is 5.98. The lowest BCUT2D eigenvalue weighted by Crippen LogP contribution is -2.29. The van der Waals surface area contributed by atoms with E-state index in [1.807, 2.05) is 12.1 Å². The van der Waals surface area contributed by atoms with Gasteiger partial charge in [0.25, 0.3) is 10.0 Å². The first-order valence-electron chi connectivity index (χ1n) is 10.4. The third-order valence-electron chi connectivity index (χ3n) is 6.21. The van der Waals surface area contributed by atoms with E-state index in [1.54, 1.807) is 24.3 Å². The maximum Gasteiger partial charge on any atom is 0.262 e. The molecule has 7 heteroatoms. The van der Waals surface area contributed by atoms with Crippen molar-refractivity contribution in [3.63, 3.8) is 0 Å². The minimum absolute atomic E-state index is 0.160. The highest BCUT2D eigenvalue weighted by molar-refractivity contribution is 7.92. The maximum absolute atomic E-state index is 13.2. The summed E-state index contributed by atoms with van der Waals surface area (Å²) in [6, 6.07) is 20.7. The van der Waals surface area contributed by atoms with Crippen LogP contribution in [0.4, 0.5) is 11.4 Å². The van der Waals surface area contributed by atoms with E-state index >= 15 is 0 Å². The maximum atomic E-state index is 13.2. The molecule has 0 radical (unpaired) electrons. The van der Waals surface area contributed by atoms with Gasteiger partial charge in [-0.25, -0.2) is 8.42 Å². The second-order valence-electron chi connectivity index (χ2n) is 8.09. The largest absolute Gasteiger partial charge is 0.495 e. The fourth-order valence-corrected chi connectivity index (χ4v) is 5.96. The number of anilines is 2. The van der Waals surface area contributed by atoms with E-state index in [0.717, 1.165) is 17.7 Å². The summed E-state index contributed by atoms with van der Waals surface area (Å²) in [5, 5.41) is 4.07. The molecule has 5 rings (SSSR count). The van der Waals surface area contributed by atoms with Crippen molar-refractivity contribution in [3.8, 4) is 5.75 Å². The van der Waals surface area contributed by atoms with Gasteiger partial charge < -0.3 is 10.1 Å². The first-order valence-corrected chi connectivity index (χ1v) is 12.3. The van der Waals surface area contributed by atoms with E-state index in [0.29, 0.717) is 22.4 Å². The number of benzene rings is 3. The van der Waals surface area contributed by atoms with Crippen LogP contribution in [-0.4, -0.2) is 15.5 Å². The molecule has 2 aliphatic rings. The van der Waals surface area contributed by atoms with E-state index in [9.17, 15) is 8.42 Å². The zero-order valence-electron chi connectivity index (χ0n) is 17.5. The summed E-state index contributed by atoms with van der Waals surface area (Å²) < 4.78 is 34.3. The quantitative estimate of drug-likeness (QED) is 0.454. The molecule has 0 saturated carbocycles. The number of nitrogens with one attached hydrogen (secondary N) is 2. The van der Waals surface area contributed by atoms with Crippen LogP contribution in [0.5, 0.6) is 5.75 Å². The lowest BCUT2D eigenvalue weighted by molar-refractivity contribution is 0.417. The van der Waals surface area contributed by atoms with Crippen molar-refractivity contribution >= 4 is 33.0 Å². The van der Waals surface area contributed by atoms with Crippen LogP contribution in [0.15, 0.2) is 83.8 Å². The molecule has 0 spiro atoms. The lowest BCUT2D eigenvalue weighted by Gasteiger charge is -2.37. The highest BCUT2D eigenvalue weighted by atomic mass is 35.5. The molecule has 1 heterocycles. The molecule has 0 saturated heterocycles. The van der Waals surface area contributed by atoms with Crippen molar-refractivity contribution in [1.82, 2.24) is 0 Å². The van der Waals surface area contributed by atoms with Gasteiger partial charge in [-0.1, -0.05) is 54.1 Å². The Morgan fingerprint density at radius 1 is 1.06 bits per heavy atom. The number of ether oxygens (including phenoxy) is 1. The second kappa shape index (κ2) is 8.19. The van der Waals surface area contributed by atoms with Crippen LogP contribution in [0, 0.1) is 5.92 Å². The van der Waals surface area contributed by atoms with Crippen LogP contribution in [0.3, 0.4) is 0 Å². The van der Waals surface area contributed by atoms with Gasteiger partial charge in [-0.05, 0) is 59.9 Å². The average Bonchev–Trinajstić information content (AvgIpc) is 3.29. The molecular formula is C25H23ClN2O3S. The minimum atomic E-state index is -3.83. The summed E-state index contributed by atoms with van der Waals surface area (Å²) in [6.45, 7) is 0. The van der Waals surface area contributed by atoms with Crippen LogP contribution in [0.1, 0.15) is 29.5 Å². The Morgan fingerprint density at radius 2 is 1.88 bits per heavy atom. The van der Waals surface area contributed by atoms with E-state index < -0.39 is 10.0 Å². The molecule has 0 aromatic heterocycles. The molecule has 164 valence electrons. The number of halogens is 1. The van der Waals surface area contributed by atoms with E-state index in [1.165, 1.54) is 18.7 Å². The summed E-state index contributed by atoms with van der Waals surface area (Å²) in [5.74, 6) is 0.901. The lowest BCUT2D eigenvalue weighted by atomic mass is 9.77. The van der Waals surface area contributed by atoms with Gasteiger partial charge in [-0.2, -0.15) is 0 Å². The van der Waals surface area contributed by atoms with Gasteiger partial charge in [-0.15, -0.1) is 0 Å². The molecule has 3 aromatic rings. The minimum Gasteiger partial charge on any atom is -0.495 e. The number of rotatable bonds is 5. The summed E-state index contributed by atoms with van der Waals surface area (Å²) in [7, 11) is -2.34. The fourth-order valence-electron chi connectivity index (χ4n) is 4.69. The Labute approximate surface area is 193 Å². The van der Waals surface area contributed by atoms with Crippen molar-refractivity contribution in [2.45, 2.75) is 23.3 Å². The van der Waals surface area contributed by atoms with Gasteiger partial charge in [0.1, 0.15) is 5.75 Å². The van der Waals surface area contributed by atoms with Crippen molar-refractivity contribution < 1.29 is 13.2 Å². The topological polar surface area (TPSA) is 67.4 Å². The number of sulfonamides is 1. The zero-order valence-corrected chi connectivity index (χ0v) is 19.0. The van der Waals surface area contributed by atoms with Crippen LogP contribution in [0.25, 0.3) is 0 Å². The normalized spacial score (nSPS) is 21.4. The SMILES string of the molecule is COc1ccc(Cl)cc1NS(=O)(=O)c1ccc2c(c1)[C@H]1C=CC[C@H]1[C@@H](c1ccccc1)N2. The highest BCUT2D eigenvalue weighted by Crippen LogP contribution is 2.50. The van der Waals surface area contributed by atoms with Gasteiger partial charge in [0.2, 0.25) is 0 Å². The Balaban J connectivity index is 1.50. The van der Waals surface area contributed by atoms with E-state index in [4.69, 9.17) is 16.3 Å². The molecule has 5 nitrogen and oxygen atoms in total. The molecule has 1 aliphatic carbocycles. The summed E-state index contributed by atoms with van der Waals surface area (Å²) in [5.41, 5.74) is 3.50.